The van der Waals surface area contributed by atoms with E-state index in [2.05, 4.69) is 55.9 Å². The van der Waals surface area contributed by atoms with E-state index >= 15 is 0 Å². The van der Waals surface area contributed by atoms with Crippen LogP contribution in [0, 0.1) is 0 Å². The zero-order chi connectivity index (χ0) is 30.1. The first-order valence-electron chi connectivity index (χ1n) is 12.9. The summed E-state index contributed by atoms with van der Waals surface area (Å²) in [5, 5.41) is 21.7. The van der Waals surface area contributed by atoms with E-state index in [1.54, 1.807) is 54.7 Å². The van der Waals surface area contributed by atoms with Crippen LogP contribution in [0.1, 0.15) is 29.9 Å². The fourth-order valence-corrected chi connectivity index (χ4v) is 5.46. The average molecular weight is 700 g/mol. The monoisotopic (exact) mass is 698 g/mol. The molecule has 0 bridgehead atoms. The maximum absolute atomic E-state index is 11.4. The van der Waals surface area contributed by atoms with Gasteiger partial charge in [0, 0.05) is 9.86 Å². The van der Waals surface area contributed by atoms with Gasteiger partial charge in [0.05, 0.1) is 29.9 Å². The van der Waals surface area contributed by atoms with Crippen molar-refractivity contribution in [2.24, 2.45) is 4.99 Å². The molecule has 1 aliphatic heterocycles. The SMILES string of the molecule is CC(c1cc2cc(Br)cc(Br)c2o1)[NH+]1C=CN=C1.O=C([O-])[C@H](OCc1ccccc1)[C@@H](OCc1ccccc1)C(=O)O. The predicted molar refractivity (Wildman–Crippen MR) is 161 cm³/mol. The predicted octanol–water partition coefficient (Wildman–Crippen LogP) is 4.41. The number of carboxylic acid groups (broad SMARTS) is 2. The molecule has 2 heterocycles. The minimum Gasteiger partial charge on any atom is -0.547 e. The second-order valence-corrected chi connectivity index (χ2v) is 11.1. The molecule has 218 valence electrons. The number of furan rings is 1. The molecule has 3 aromatic carbocycles. The van der Waals surface area contributed by atoms with Crippen LogP contribution < -0.4 is 10.0 Å². The summed E-state index contributed by atoms with van der Waals surface area (Å²) in [6.07, 6.45) is 2.32. The summed E-state index contributed by atoms with van der Waals surface area (Å²) in [4.78, 5) is 27.9. The molecule has 0 spiro atoms. The quantitative estimate of drug-likeness (QED) is 0.238. The van der Waals surface area contributed by atoms with Gasteiger partial charge in [-0.1, -0.05) is 76.6 Å². The van der Waals surface area contributed by atoms with Gasteiger partial charge in [-0.15, -0.1) is 0 Å². The standard InChI is InChI=1S/C18H18O6.C13H10Br2N2O/c19-17(20)15(23-11-13-7-3-1-4-8-13)16(18(21)22)24-12-14-9-5-2-6-10-14;1-8(17-3-2-16-7-17)12-5-9-4-10(14)6-11(15)13(9)18-12/h1-10,15-16H,11-12H2,(H,19,20)(H,21,22);2-8H,1H3/t15-,16-;/m1./s1. The van der Waals surface area contributed by atoms with Gasteiger partial charge >= 0.3 is 5.97 Å². The molecule has 42 heavy (non-hydrogen) atoms. The Balaban J connectivity index is 0.000000200. The lowest BCUT2D eigenvalue weighted by atomic mass is 10.2. The number of aliphatic carboxylic acids is 2. The lowest BCUT2D eigenvalue weighted by Gasteiger charge is -2.25. The van der Waals surface area contributed by atoms with Gasteiger partial charge in [-0.2, -0.15) is 0 Å². The molecular formula is C31H28Br2N2O7. The number of quaternary nitrogens is 1. The first kappa shape index (κ1) is 31.3. The van der Waals surface area contributed by atoms with Crippen LogP contribution >= 0.6 is 31.9 Å². The fourth-order valence-electron chi connectivity index (χ4n) is 4.12. The number of halogens is 2. The Hall–Kier alpha value is -3.61. The summed E-state index contributed by atoms with van der Waals surface area (Å²) in [5.41, 5.74) is 2.33. The van der Waals surface area contributed by atoms with Crippen molar-refractivity contribution in [1.29, 1.82) is 0 Å². The number of hydrogen-bond acceptors (Lipinski definition) is 7. The Morgan fingerprint density at radius 3 is 2.07 bits per heavy atom. The third kappa shape index (κ3) is 8.46. The van der Waals surface area contributed by atoms with Gasteiger partial charge < -0.3 is 28.9 Å². The highest BCUT2D eigenvalue weighted by molar-refractivity contribution is 9.11. The van der Waals surface area contributed by atoms with E-state index < -0.39 is 24.1 Å². The molecule has 5 rings (SSSR count). The van der Waals surface area contributed by atoms with E-state index in [1.807, 2.05) is 30.7 Å². The first-order valence-corrected chi connectivity index (χ1v) is 14.5. The Labute approximate surface area is 259 Å². The van der Waals surface area contributed by atoms with Crippen LogP contribution in [0.4, 0.5) is 0 Å². The normalized spacial score (nSPS) is 16.0. The lowest BCUT2D eigenvalue weighted by molar-refractivity contribution is -0.774. The molecule has 4 atom stereocenters. The third-order valence-corrected chi connectivity index (χ3v) is 7.40. The maximum atomic E-state index is 11.4. The summed E-state index contributed by atoms with van der Waals surface area (Å²) in [5.74, 6) is -2.10. The minimum atomic E-state index is -1.72. The molecule has 11 heteroatoms. The van der Waals surface area contributed by atoms with E-state index in [0.717, 1.165) is 36.8 Å². The van der Waals surface area contributed by atoms with Gasteiger partial charge in [0.2, 0.25) is 0 Å². The number of carboxylic acids is 2. The molecule has 0 amide bonds. The van der Waals surface area contributed by atoms with E-state index in [1.165, 1.54) is 4.90 Å². The average Bonchev–Trinajstić information content (AvgIpc) is 3.66. The highest BCUT2D eigenvalue weighted by atomic mass is 79.9. The highest BCUT2D eigenvalue weighted by Gasteiger charge is 2.31. The van der Waals surface area contributed by atoms with Crippen LogP contribution in [0.15, 0.2) is 110 Å². The van der Waals surface area contributed by atoms with Crippen molar-refractivity contribution in [3.63, 3.8) is 0 Å². The van der Waals surface area contributed by atoms with Crippen LogP contribution in [-0.4, -0.2) is 35.6 Å². The van der Waals surface area contributed by atoms with Crippen molar-refractivity contribution in [2.75, 3.05) is 0 Å². The number of carbonyl (C=O) groups excluding carboxylic acids is 1. The molecule has 0 saturated carbocycles. The molecule has 1 aliphatic rings. The van der Waals surface area contributed by atoms with Crippen LogP contribution in [0.25, 0.3) is 11.0 Å². The molecule has 2 N–H and O–H groups in total. The van der Waals surface area contributed by atoms with Crippen LogP contribution in [-0.2, 0) is 32.3 Å². The molecule has 0 fully saturated rings. The van der Waals surface area contributed by atoms with E-state index in [4.69, 9.17) is 13.9 Å². The summed E-state index contributed by atoms with van der Waals surface area (Å²) in [6, 6.07) is 24.0. The summed E-state index contributed by atoms with van der Waals surface area (Å²) < 4.78 is 18.4. The second kappa shape index (κ2) is 15.0. The third-order valence-electron chi connectivity index (χ3n) is 6.35. The number of nitrogens with one attached hydrogen (secondary N) is 1. The lowest BCUT2D eigenvalue weighted by Crippen LogP contribution is -3.05. The van der Waals surface area contributed by atoms with Gasteiger partial charge in [-0.05, 0) is 52.2 Å². The van der Waals surface area contributed by atoms with Crippen LogP contribution in [0.2, 0.25) is 0 Å². The zero-order valence-electron chi connectivity index (χ0n) is 22.5. The topological polar surface area (TPSA) is 126 Å². The summed E-state index contributed by atoms with van der Waals surface area (Å²) in [7, 11) is 0. The number of fused-ring (bicyclic) bond motifs is 1. The molecular weight excluding hydrogens is 672 g/mol. The van der Waals surface area contributed by atoms with E-state index in [-0.39, 0.29) is 19.3 Å². The van der Waals surface area contributed by atoms with Gasteiger partial charge in [-0.25, -0.2) is 9.79 Å². The summed E-state index contributed by atoms with van der Waals surface area (Å²) in [6.45, 7) is 2.02. The number of aliphatic imine (C=N–C) groups is 1. The Morgan fingerprint density at radius 1 is 0.952 bits per heavy atom. The van der Waals surface area contributed by atoms with Crippen molar-refractivity contribution < 1.29 is 38.6 Å². The Morgan fingerprint density at radius 2 is 1.55 bits per heavy atom. The number of benzene rings is 3. The second-order valence-electron chi connectivity index (χ2n) is 9.36. The molecule has 0 saturated heterocycles. The maximum Gasteiger partial charge on any atom is 0.335 e. The summed E-state index contributed by atoms with van der Waals surface area (Å²) >= 11 is 7.01. The number of carbonyl (C=O) groups is 2. The van der Waals surface area contributed by atoms with Gasteiger partial charge in [0.1, 0.15) is 17.9 Å². The van der Waals surface area contributed by atoms with Gasteiger partial charge in [-0.3, -0.25) is 4.90 Å². The van der Waals surface area contributed by atoms with Crippen molar-refractivity contribution in [1.82, 2.24) is 0 Å². The smallest absolute Gasteiger partial charge is 0.335 e. The van der Waals surface area contributed by atoms with Crippen LogP contribution in [0.3, 0.4) is 0 Å². The molecule has 1 aromatic heterocycles. The molecule has 2 unspecified atom stereocenters. The Bertz CT molecular complexity index is 1490. The van der Waals surface area contributed by atoms with Crippen molar-refractivity contribution in [3.8, 4) is 0 Å². The number of nitrogens with zero attached hydrogens (tertiary/aromatic N) is 1. The molecule has 4 aromatic rings. The van der Waals surface area contributed by atoms with Crippen LogP contribution in [0.5, 0.6) is 0 Å². The minimum absolute atomic E-state index is 0.0454. The molecule has 0 aliphatic carbocycles. The zero-order valence-corrected chi connectivity index (χ0v) is 25.7. The number of rotatable bonds is 11. The van der Waals surface area contributed by atoms with Crippen molar-refractivity contribution in [3.05, 3.63) is 117 Å². The molecule has 0 radical (unpaired) electrons. The largest absolute Gasteiger partial charge is 0.547 e. The Kier molecular flexibility index (Phi) is 11.2. The molecule has 9 nitrogen and oxygen atoms in total. The number of ether oxygens (including phenoxy) is 2. The van der Waals surface area contributed by atoms with E-state index in [0.29, 0.717) is 0 Å². The number of hydrogen-bond donors (Lipinski definition) is 2. The van der Waals surface area contributed by atoms with Crippen molar-refractivity contribution in [2.45, 2.75) is 38.4 Å². The highest BCUT2D eigenvalue weighted by Crippen LogP contribution is 2.32. The van der Waals surface area contributed by atoms with Crippen molar-refractivity contribution >= 4 is 61.1 Å². The first-order chi connectivity index (χ1) is 20.2. The van der Waals surface area contributed by atoms with E-state index in [9.17, 15) is 19.8 Å². The van der Waals surface area contributed by atoms with Gasteiger partial charge in [0.15, 0.2) is 24.2 Å². The fraction of sp³-hybridized carbons (Fsp3) is 0.194. The van der Waals surface area contributed by atoms with Gasteiger partial charge in [0.25, 0.3) is 0 Å².